The number of allylic oxidation sites excluding steroid dienone is 4. The van der Waals surface area contributed by atoms with Crippen LogP contribution in [0.1, 0.15) is 39.5 Å². The van der Waals surface area contributed by atoms with E-state index in [4.69, 9.17) is 0 Å². The van der Waals surface area contributed by atoms with Crippen molar-refractivity contribution in [3.8, 4) is 0 Å². The molecule has 0 spiro atoms. The van der Waals surface area contributed by atoms with E-state index < -0.39 is 0 Å². The maximum absolute atomic E-state index is 2.38. The Labute approximate surface area is 75.4 Å². The van der Waals surface area contributed by atoms with Crippen LogP contribution >= 0.6 is 0 Å². The topological polar surface area (TPSA) is 0 Å². The highest BCUT2D eigenvalue weighted by atomic mass is 14.3. The van der Waals surface area contributed by atoms with E-state index in [9.17, 15) is 0 Å². The summed E-state index contributed by atoms with van der Waals surface area (Å²) in [5, 5.41) is 0. The molecule has 0 amide bonds. The fourth-order valence-corrected chi connectivity index (χ4v) is 2.67. The van der Waals surface area contributed by atoms with Gasteiger partial charge in [0.05, 0.1) is 0 Å². The normalized spacial score (nSPS) is 35.2. The largest absolute Gasteiger partial charge is 0.0876 e. The van der Waals surface area contributed by atoms with Gasteiger partial charge in [-0.2, -0.15) is 0 Å². The van der Waals surface area contributed by atoms with E-state index in [0.717, 1.165) is 11.8 Å². The van der Waals surface area contributed by atoms with Gasteiger partial charge in [0.1, 0.15) is 0 Å². The molecular formula is C12H18. The zero-order valence-electron chi connectivity index (χ0n) is 8.14. The molecule has 0 fully saturated rings. The van der Waals surface area contributed by atoms with E-state index in [1.807, 2.05) is 0 Å². The van der Waals surface area contributed by atoms with Crippen molar-refractivity contribution in [2.45, 2.75) is 39.5 Å². The molecule has 0 heteroatoms. The first kappa shape index (κ1) is 8.10. The van der Waals surface area contributed by atoms with Crippen LogP contribution in [0.3, 0.4) is 0 Å². The average molecular weight is 162 g/mol. The van der Waals surface area contributed by atoms with Crippen LogP contribution in [0.2, 0.25) is 0 Å². The molecule has 0 bridgehead atoms. The minimum atomic E-state index is 0.799. The highest BCUT2D eigenvalue weighted by molar-refractivity contribution is 5.24. The lowest BCUT2D eigenvalue weighted by Gasteiger charge is -2.18. The predicted octanol–water partition coefficient (Wildman–Crippen LogP) is 3.70. The van der Waals surface area contributed by atoms with E-state index in [2.05, 4.69) is 26.0 Å². The number of hydrogen-bond donors (Lipinski definition) is 0. The molecule has 0 nitrogen and oxygen atoms in total. The molecular weight excluding hydrogens is 144 g/mol. The second-order valence-electron chi connectivity index (χ2n) is 4.29. The highest BCUT2D eigenvalue weighted by Crippen LogP contribution is 2.39. The van der Waals surface area contributed by atoms with Crippen molar-refractivity contribution in [1.82, 2.24) is 0 Å². The summed E-state index contributed by atoms with van der Waals surface area (Å²) in [6.07, 6.45) is 10.2. The second-order valence-corrected chi connectivity index (χ2v) is 4.29. The molecule has 2 aliphatic carbocycles. The van der Waals surface area contributed by atoms with Crippen LogP contribution in [0.15, 0.2) is 23.3 Å². The third-order valence-corrected chi connectivity index (χ3v) is 3.46. The van der Waals surface area contributed by atoms with Gasteiger partial charge in [-0.05, 0) is 44.4 Å². The molecule has 0 aromatic heterocycles. The van der Waals surface area contributed by atoms with Gasteiger partial charge in [0.15, 0.2) is 0 Å². The van der Waals surface area contributed by atoms with Crippen molar-refractivity contribution >= 4 is 0 Å². The minimum absolute atomic E-state index is 0.799. The summed E-state index contributed by atoms with van der Waals surface area (Å²) in [5.74, 6) is 1.67. The smallest absolute Gasteiger partial charge is 0.0106 e. The van der Waals surface area contributed by atoms with Gasteiger partial charge < -0.3 is 0 Å². The standard InChI is InChI=1S/C12H18/c1-9-5-3-7-11(9)12-8-4-6-10(12)2/h3,5,9,11H,4,6-8H2,1-2H3. The molecule has 66 valence electrons. The van der Waals surface area contributed by atoms with Crippen molar-refractivity contribution in [3.63, 3.8) is 0 Å². The molecule has 0 N–H and O–H groups in total. The zero-order chi connectivity index (χ0) is 8.55. The summed E-state index contributed by atoms with van der Waals surface area (Å²) in [7, 11) is 0. The van der Waals surface area contributed by atoms with Crippen molar-refractivity contribution in [2.75, 3.05) is 0 Å². The second kappa shape index (κ2) is 3.08. The van der Waals surface area contributed by atoms with Gasteiger partial charge in [-0.15, -0.1) is 0 Å². The third-order valence-electron chi connectivity index (χ3n) is 3.46. The highest BCUT2D eigenvalue weighted by Gasteiger charge is 2.25. The number of hydrogen-bond acceptors (Lipinski definition) is 0. The average Bonchev–Trinajstić information content (AvgIpc) is 2.59. The Hall–Kier alpha value is -0.520. The van der Waals surface area contributed by atoms with Crippen LogP contribution in [-0.2, 0) is 0 Å². The molecule has 0 saturated carbocycles. The van der Waals surface area contributed by atoms with Gasteiger partial charge in [-0.25, -0.2) is 0 Å². The van der Waals surface area contributed by atoms with Gasteiger partial charge in [0.2, 0.25) is 0 Å². The van der Waals surface area contributed by atoms with E-state index in [0.29, 0.717) is 0 Å². The monoisotopic (exact) mass is 162 g/mol. The lowest BCUT2D eigenvalue weighted by molar-refractivity contribution is 0.510. The molecule has 2 unspecified atom stereocenters. The van der Waals surface area contributed by atoms with E-state index in [1.165, 1.54) is 25.7 Å². The van der Waals surface area contributed by atoms with Crippen molar-refractivity contribution in [1.29, 1.82) is 0 Å². The summed E-state index contributed by atoms with van der Waals surface area (Å²) in [4.78, 5) is 0. The summed E-state index contributed by atoms with van der Waals surface area (Å²) in [5.41, 5.74) is 3.48. The van der Waals surface area contributed by atoms with Crippen molar-refractivity contribution < 1.29 is 0 Å². The minimum Gasteiger partial charge on any atom is -0.0876 e. The third kappa shape index (κ3) is 1.24. The van der Waals surface area contributed by atoms with Crippen LogP contribution in [-0.4, -0.2) is 0 Å². The summed E-state index contributed by atoms with van der Waals surface area (Å²) < 4.78 is 0. The Kier molecular flexibility index (Phi) is 2.08. The Morgan fingerprint density at radius 1 is 1.33 bits per heavy atom. The first-order valence-electron chi connectivity index (χ1n) is 5.14. The lowest BCUT2D eigenvalue weighted by Crippen LogP contribution is -2.07. The quantitative estimate of drug-likeness (QED) is 0.516. The number of rotatable bonds is 1. The van der Waals surface area contributed by atoms with Gasteiger partial charge in [-0.1, -0.05) is 30.2 Å². The first-order valence-corrected chi connectivity index (χ1v) is 5.14. The molecule has 0 aromatic rings. The fraction of sp³-hybridized carbons (Fsp3) is 0.667. The molecule has 0 aromatic carbocycles. The lowest BCUT2D eigenvalue weighted by atomic mass is 9.87. The van der Waals surface area contributed by atoms with Gasteiger partial charge in [-0.3, -0.25) is 0 Å². The fourth-order valence-electron chi connectivity index (χ4n) is 2.67. The van der Waals surface area contributed by atoms with E-state index >= 15 is 0 Å². The van der Waals surface area contributed by atoms with Gasteiger partial charge >= 0.3 is 0 Å². The Balaban J connectivity index is 2.14. The summed E-state index contributed by atoms with van der Waals surface area (Å²) in [6.45, 7) is 4.68. The van der Waals surface area contributed by atoms with Gasteiger partial charge in [0.25, 0.3) is 0 Å². The Morgan fingerprint density at radius 2 is 2.17 bits per heavy atom. The SMILES string of the molecule is CC1=C(C2CC=CC2C)CCC1. The molecule has 2 rings (SSSR count). The molecule has 0 heterocycles. The van der Waals surface area contributed by atoms with Crippen LogP contribution in [0.4, 0.5) is 0 Å². The van der Waals surface area contributed by atoms with E-state index in [-0.39, 0.29) is 0 Å². The summed E-state index contributed by atoms with van der Waals surface area (Å²) in [6, 6.07) is 0. The predicted molar refractivity (Wildman–Crippen MR) is 53.0 cm³/mol. The van der Waals surface area contributed by atoms with Crippen molar-refractivity contribution in [2.24, 2.45) is 11.8 Å². The molecule has 12 heavy (non-hydrogen) atoms. The maximum Gasteiger partial charge on any atom is -0.0106 e. The maximum atomic E-state index is 2.38. The molecule has 2 atom stereocenters. The van der Waals surface area contributed by atoms with Crippen LogP contribution in [0.5, 0.6) is 0 Å². The molecule has 2 aliphatic rings. The van der Waals surface area contributed by atoms with Crippen LogP contribution in [0.25, 0.3) is 0 Å². The molecule has 0 aliphatic heterocycles. The first-order chi connectivity index (χ1) is 5.79. The Morgan fingerprint density at radius 3 is 2.67 bits per heavy atom. The molecule has 0 saturated heterocycles. The van der Waals surface area contributed by atoms with Crippen molar-refractivity contribution in [3.05, 3.63) is 23.3 Å². The summed E-state index contributed by atoms with van der Waals surface area (Å²) >= 11 is 0. The van der Waals surface area contributed by atoms with Gasteiger partial charge in [0, 0.05) is 0 Å². The Bertz CT molecular complexity index is 232. The zero-order valence-corrected chi connectivity index (χ0v) is 8.14. The molecule has 0 radical (unpaired) electrons. The van der Waals surface area contributed by atoms with Crippen LogP contribution in [0, 0.1) is 11.8 Å². The van der Waals surface area contributed by atoms with E-state index in [1.54, 1.807) is 11.1 Å². The van der Waals surface area contributed by atoms with Crippen LogP contribution < -0.4 is 0 Å².